The van der Waals surface area contributed by atoms with Crippen LogP contribution in [0.1, 0.15) is 0 Å². The van der Waals surface area contributed by atoms with Crippen LogP contribution in [-0.2, 0) is 4.84 Å². The van der Waals surface area contributed by atoms with Crippen LogP contribution in [-0.4, -0.2) is 11.6 Å². The molecule has 0 aromatic heterocycles. The van der Waals surface area contributed by atoms with E-state index in [0.717, 1.165) is 0 Å². The van der Waals surface area contributed by atoms with Gasteiger partial charge in [-0.3, -0.25) is 0 Å². The molecule has 0 spiro atoms. The molecule has 0 radical (unpaired) electrons. The molecule has 0 atom stereocenters. The molecule has 0 fully saturated rings. The van der Waals surface area contributed by atoms with Gasteiger partial charge in [0.05, 0.1) is 6.54 Å². The minimum atomic E-state index is 0.439. The van der Waals surface area contributed by atoms with Crippen molar-refractivity contribution in [3.05, 3.63) is 60.9 Å². The summed E-state index contributed by atoms with van der Waals surface area (Å²) in [6.07, 6.45) is 20.2. The zero-order valence-corrected chi connectivity index (χ0v) is 8.78. The summed E-state index contributed by atoms with van der Waals surface area (Å²) in [5.41, 5.74) is 2.48. The van der Waals surface area contributed by atoms with Crippen molar-refractivity contribution < 1.29 is 4.84 Å². The lowest BCUT2D eigenvalue weighted by Gasteiger charge is -2.12. The lowest BCUT2D eigenvalue weighted by atomic mass is 10.3. The van der Waals surface area contributed by atoms with Gasteiger partial charge in [0.2, 0.25) is 0 Å². The van der Waals surface area contributed by atoms with Crippen molar-refractivity contribution in [3.8, 4) is 6.19 Å². The van der Waals surface area contributed by atoms with Crippen molar-refractivity contribution in [2.45, 2.75) is 0 Å². The first-order valence-electron chi connectivity index (χ1n) is 4.84. The quantitative estimate of drug-likeness (QED) is 0.627. The van der Waals surface area contributed by atoms with E-state index >= 15 is 0 Å². The Balaban J connectivity index is 2.62. The molecule has 1 rings (SSSR count). The van der Waals surface area contributed by atoms with Crippen LogP contribution in [0.3, 0.4) is 0 Å². The number of allylic oxidation sites excluding steroid dienone is 8. The fraction of sp³-hybridized carbons (Fsp3) is 0.0833. The highest BCUT2D eigenvalue weighted by Gasteiger charge is 1.94. The van der Waals surface area contributed by atoms with Crippen LogP contribution in [0.4, 0.5) is 0 Å². The second kappa shape index (κ2) is 8.09. The van der Waals surface area contributed by atoms with Crippen LogP contribution in [0.2, 0.25) is 0 Å². The number of nitriles is 1. The molecule has 0 unspecified atom stereocenters. The topological polar surface area (TPSA) is 48.3 Å². The van der Waals surface area contributed by atoms with E-state index in [1.54, 1.807) is 6.08 Å². The van der Waals surface area contributed by atoms with Crippen molar-refractivity contribution in [1.29, 1.82) is 5.26 Å². The van der Waals surface area contributed by atoms with Crippen molar-refractivity contribution in [3.63, 3.8) is 0 Å². The van der Waals surface area contributed by atoms with E-state index in [4.69, 9.17) is 10.1 Å². The molecule has 4 heteroatoms. The Bertz CT molecular complexity index is 372. The van der Waals surface area contributed by atoms with Gasteiger partial charge in [-0.05, 0) is 6.08 Å². The number of hydrogen-bond acceptors (Lipinski definition) is 4. The molecule has 4 nitrogen and oxygen atoms in total. The van der Waals surface area contributed by atoms with Crippen LogP contribution in [0.5, 0.6) is 0 Å². The molecule has 82 valence electrons. The summed E-state index contributed by atoms with van der Waals surface area (Å²) in [6.45, 7) is 0.439. The highest BCUT2D eigenvalue weighted by Crippen LogP contribution is 1.88. The van der Waals surface area contributed by atoms with Gasteiger partial charge in [0, 0.05) is 0 Å². The van der Waals surface area contributed by atoms with Gasteiger partial charge >= 0.3 is 0 Å². The van der Waals surface area contributed by atoms with Crippen LogP contribution < -0.4 is 5.59 Å². The summed E-state index contributed by atoms with van der Waals surface area (Å²) in [4.78, 5) is 4.93. The average molecular weight is 215 g/mol. The second-order valence-corrected chi connectivity index (χ2v) is 2.83. The molecule has 0 amide bonds. The predicted octanol–water partition coefficient (Wildman–Crippen LogP) is 1.96. The smallest absolute Gasteiger partial charge is 0.198 e. The highest BCUT2D eigenvalue weighted by atomic mass is 16.7. The molecular weight excluding hydrogens is 202 g/mol. The maximum atomic E-state index is 8.73. The molecule has 1 heterocycles. The molecule has 0 aliphatic carbocycles. The zero-order valence-electron chi connectivity index (χ0n) is 8.78. The van der Waals surface area contributed by atoms with E-state index in [0.29, 0.717) is 6.54 Å². The molecule has 1 aliphatic rings. The lowest BCUT2D eigenvalue weighted by molar-refractivity contribution is 0.0118. The summed E-state index contributed by atoms with van der Waals surface area (Å²) < 4.78 is 0. The Hall–Kier alpha value is -2.25. The van der Waals surface area contributed by atoms with Crippen molar-refractivity contribution in [2.75, 3.05) is 6.54 Å². The minimum absolute atomic E-state index is 0.439. The third-order valence-corrected chi connectivity index (χ3v) is 1.63. The fourth-order valence-electron chi connectivity index (χ4n) is 0.907. The number of hydrazine groups is 1. The number of hydrogen-bond donors (Lipinski definition) is 1. The normalized spacial score (nSPS) is 16.6. The first kappa shape index (κ1) is 11.8. The molecule has 1 aliphatic heterocycles. The highest BCUT2D eigenvalue weighted by molar-refractivity contribution is 5.17. The van der Waals surface area contributed by atoms with Gasteiger partial charge in [0.1, 0.15) is 6.26 Å². The Morgan fingerprint density at radius 1 is 1.00 bits per heavy atom. The molecule has 1 N–H and O–H groups in total. The van der Waals surface area contributed by atoms with E-state index in [1.807, 2.05) is 54.8 Å². The zero-order chi connectivity index (χ0) is 11.5. The SMILES string of the molecule is N#CN1CC=CC=CC=CC=CC=CON1. The fourth-order valence-corrected chi connectivity index (χ4v) is 0.907. The first-order valence-corrected chi connectivity index (χ1v) is 4.84. The summed E-state index contributed by atoms with van der Waals surface area (Å²) in [6, 6.07) is 0. The summed E-state index contributed by atoms with van der Waals surface area (Å²) in [5, 5.41) is 9.99. The molecule has 16 heavy (non-hydrogen) atoms. The van der Waals surface area contributed by atoms with Gasteiger partial charge in [-0.15, -0.1) is 0 Å². The standard InChI is InChI=1S/C12H13N3O/c13-12-15-10-8-6-4-2-1-3-5-7-9-11-16-14-15/h1-9,11,14H,10H2. The Labute approximate surface area is 95.0 Å². The monoisotopic (exact) mass is 215 g/mol. The van der Waals surface area contributed by atoms with Crippen LogP contribution in [0, 0.1) is 11.5 Å². The maximum absolute atomic E-state index is 8.73. The number of nitrogens with one attached hydrogen (secondary N) is 1. The van der Waals surface area contributed by atoms with Gasteiger partial charge in [-0.25, -0.2) is 5.01 Å². The summed E-state index contributed by atoms with van der Waals surface area (Å²) in [7, 11) is 0. The van der Waals surface area contributed by atoms with Gasteiger partial charge < -0.3 is 4.84 Å². The Kier molecular flexibility index (Phi) is 5.98. The molecule has 0 saturated carbocycles. The van der Waals surface area contributed by atoms with E-state index in [9.17, 15) is 0 Å². The van der Waals surface area contributed by atoms with E-state index in [-0.39, 0.29) is 0 Å². The number of rotatable bonds is 0. The van der Waals surface area contributed by atoms with E-state index in [1.165, 1.54) is 11.3 Å². The van der Waals surface area contributed by atoms with Crippen LogP contribution in [0.15, 0.2) is 60.9 Å². The first-order chi connectivity index (χ1) is 7.93. The van der Waals surface area contributed by atoms with Gasteiger partial charge in [0.15, 0.2) is 6.19 Å². The Morgan fingerprint density at radius 2 is 1.62 bits per heavy atom. The molecular formula is C12H13N3O. The van der Waals surface area contributed by atoms with Gasteiger partial charge in [0.25, 0.3) is 0 Å². The summed E-state index contributed by atoms with van der Waals surface area (Å²) in [5.74, 6) is 0. The maximum Gasteiger partial charge on any atom is 0.198 e. The average Bonchev–Trinajstić information content (AvgIpc) is 2.32. The Morgan fingerprint density at radius 3 is 2.31 bits per heavy atom. The summed E-state index contributed by atoms with van der Waals surface area (Å²) >= 11 is 0. The van der Waals surface area contributed by atoms with Gasteiger partial charge in [-0.1, -0.05) is 54.2 Å². The largest absolute Gasteiger partial charge is 0.396 e. The molecule has 0 aromatic rings. The van der Waals surface area contributed by atoms with E-state index in [2.05, 4.69) is 5.59 Å². The number of nitrogens with zero attached hydrogens (tertiary/aromatic N) is 2. The molecule has 0 aromatic carbocycles. The van der Waals surface area contributed by atoms with Crippen molar-refractivity contribution in [1.82, 2.24) is 10.6 Å². The van der Waals surface area contributed by atoms with Crippen molar-refractivity contribution >= 4 is 0 Å². The third-order valence-electron chi connectivity index (χ3n) is 1.63. The predicted molar refractivity (Wildman–Crippen MR) is 62.2 cm³/mol. The van der Waals surface area contributed by atoms with Crippen molar-refractivity contribution in [2.24, 2.45) is 0 Å². The van der Waals surface area contributed by atoms with Gasteiger partial charge in [-0.2, -0.15) is 5.26 Å². The molecule has 0 bridgehead atoms. The third kappa shape index (κ3) is 5.47. The second-order valence-electron chi connectivity index (χ2n) is 2.83. The molecule has 0 saturated heterocycles. The van der Waals surface area contributed by atoms with Crippen LogP contribution in [0.25, 0.3) is 0 Å². The van der Waals surface area contributed by atoms with Crippen LogP contribution >= 0.6 is 0 Å². The lowest BCUT2D eigenvalue weighted by Crippen LogP contribution is -2.32. The van der Waals surface area contributed by atoms with E-state index < -0.39 is 0 Å². The minimum Gasteiger partial charge on any atom is -0.396 e.